The molecule has 0 unspecified atom stereocenters. The molecule has 0 saturated heterocycles. The fraction of sp³-hybridized carbons (Fsp3) is 0.167. The van der Waals surface area contributed by atoms with Crippen LogP contribution in [0.3, 0.4) is 0 Å². The molecule has 1 amide bonds. The minimum absolute atomic E-state index is 0.0251. The van der Waals surface area contributed by atoms with E-state index < -0.39 is 16.5 Å². The van der Waals surface area contributed by atoms with Gasteiger partial charge < -0.3 is 5.32 Å². The topological polar surface area (TPSA) is 101 Å². The largest absolute Gasteiger partial charge is 0.305 e. The van der Waals surface area contributed by atoms with Crippen LogP contribution in [0.15, 0.2) is 18.2 Å². The first-order chi connectivity index (χ1) is 9.92. The molecule has 0 spiro atoms. The van der Waals surface area contributed by atoms with Gasteiger partial charge in [-0.15, -0.1) is 0 Å². The van der Waals surface area contributed by atoms with Crippen LogP contribution >= 0.6 is 23.2 Å². The molecule has 0 aliphatic rings. The van der Waals surface area contributed by atoms with Crippen molar-refractivity contribution in [3.05, 3.63) is 49.6 Å². The Kier molecular flexibility index (Phi) is 4.44. The standard InChI is InChI=1S/C12H10Cl2N4O3/c1-2-7-5-10(17-16-7)15-12(19)6-3-8(13)11(14)9(4-6)18(20)21/h3-5H,2H2,1H3,(H2,15,16,17,19). The highest BCUT2D eigenvalue weighted by molar-refractivity contribution is 6.43. The van der Waals surface area contributed by atoms with Gasteiger partial charge in [0, 0.05) is 23.4 Å². The molecule has 0 aliphatic carbocycles. The monoisotopic (exact) mass is 328 g/mol. The first-order valence-corrected chi connectivity index (χ1v) is 6.67. The minimum Gasteiger partial charge on any atom is -0.305 e. The Morgan fingerprint density at radius 1 is 1.43 bits per heavy atom. The average Bonchev–Trinajstić information content (AvgIpc) is 2.88. The van der Waals surface area contributed by atoms with Gasteiger partial charge in [-0.2, -0.15) is 5.10 Å². The van der Waals surface area contributed by atoms with Crippen LogP contribution in [0, 0.1) is 10.1 Å². The third-order valence-electron chi connectivity index (χ3n) is 2.72. The van der Waals surface area contributed by atoms with Crippen molar-refractivity contribution in [3.63, 3.8) is 0 Å². The van der Waals surface area contributed by atoms with E-state index in [1.165, 1.54) is 6.07 Å². The Hall–Kier alpha value is -2.12. The van der Waals surface area contributed by atoms with E-state index in [4.69, 9.17) is 23.2 Å². The van der Waals surface area contributed by atoms with Crippen molar-refractivity contribution >= 4 is 40.6 Å². The molecule has 110 valence electrons. The first-order valence-electron chi connectivity index (χ1n) is 5.91. The second-order valence-corrected chi connectivity index (χ2v) is 4.92. The maximum Gasteiger partial charge on any atom is 0.290 e. The number of halogens is 2. The van der Waals surface area contributed by atoms with Gasteiger partial charge in [0.25, 0.3) is 11.6 Å². The van der Waals surface area contributed by atoms with Crippen molar-refractivity contribution in [2.24, 2.45) is 0 Å². The van der Waals surface area contributed by atoms with Crippen molar-refractivity contribution in [1.82, 2.24) is 10.2 Å². The van der Waals surface area contributed by atoms with E-state index in [1.807, 2.05) is 6.92 Å². The summed E-state index contributed by atoms with van der Waals surface area (Å²) in [5.74, 6) is -0.239. The van der Waals surface area contributed by atoms with Crippen LogP contribution in [-0.4, -0.2) is 21.0 Å². The predicted octanol–water partition coefficient (Wildman–Crippen LogP) is 3.44. The normalized spacial score (nSPS) is 10.4. The summed E-state index contributed by atoms with van der Waals surface area (Å²) in [6.45, 7) is 1.93. The number of hydrogen-bond acceptors (Lipinski definition) is 4. The average molecular weight is 329 g/mol. The lowest BCUT2D eigenvalue weighted by molar-refractivity contribution is -0.384. The number of nitrogens with zero attached hydrogens (tertiary/aromatic N) is 2. The molecular weight excluding hydrogens is 319 g/mol. The van der Waals surface area contributed by atoms with Crippen LogP contribution < -0.4 is 5.32 Å². The second-order valence-electron chi connectivity index (χ2n) is 4.13. The van der Waals surface area contributed by atoms with Gasteiger partial charge in [-0.25, -0.2) is 0 Å². The predicted molar refractivity (Wildman–Crippen MR) is 79.0 cm³/mol. The molecule has 2 N–H and O–H groups in total. The first kappa shape index (κ1) is 15.3. The van der Waals surface area contributed by atoms with Crippen LogP contribution in [-0.2, 0) is 6.42 Å². The van der Waals surface area contributed by atoms with Gasteiger partial charge in [0.15, 0.2) is 5.82 Å². The van der Waals surface area contributed by atoms with Gasteiger partial charge in [0.1, 0.15) is 5.02 Å². The molecule has 1 aromatic heterocycles. The lowest BCUT2D eigenvalue weighted by atomic mass is 10.2. The summed E-state index contributed by atoms with van der Waals surface area (Å²) < 4.78 is 0. The molecule has 1 heterocycles. The van der Waals surface area contributed by atoms with Crippen molar-refractivity contribution in [3.8, 4) is 0 Å². The van der Waals surface area contributed by atoms with Gasteiger partial charge in [-0.1, -0.05) is 30.1 Å². The molecule has 21 heavy (non-hydrogen) atoms. The number of nitro benzene ring substituents is 1. The van der Waals surface area contributed by atoms with Crippen LogP contribution in [0.1, 0.15) is 23.0 Å². The number of benzene rings is 1. The Morgan fingerprint density at radius 3 is 2.71 bits per heavy atom. The summed E-state index contributed by atoms with van der Waals surface area (Å²) in [7, 11) is 0. The number of aromatic nitrogens is 2. The fourth-order valence-electron chi connectivity index (χ4n) is 1.63. The summed E-state index contributed by atoms with van der Waals surface area (Å²) in [6, 6.07) is 4.00. The zero-order valence-corrected chi connectivity index (χ0v) is 12.3. The van der Waals surface area contributed by atoms with E-state index in [2.05, 4.69) is 15.5 Å². The minimum atomic E-state index is -0.700. The number of carbonyl (C=O) groups is 1. The maximum absolute atomic E-state index is 12.1. The SMILES string of the molecule is CCc1cc(NC(=O)c2cc(Cl)c(Cl)c([N+](=O)[O-])c2)n[nH]1. The smallest absolute Gasteiger partial charge is 0.290 e. The molecule has 0 atom stereocenters. The van der Waals surface area contributed by atoms with E-state index >= 15 is 0 Å². The fourth-order valence-corrected chi connectivity index (χ4v) is 2.03. The van der Waals surface area contributed by atoms with Gasteiger partial charge in [-0.05, 0) is 12.5 Å². The summed E-state index contributed by atoms with van der Waals surface area (Å²) in [5.41, 5.74) is 0.452. The number of rotatable bonds is 4. The molecular formula is C12H10Cl2N4O3. The number of aryl methyl sites for hydroxylation is 1. The van der Waals surface area contributed by atoms with Gasteiger partial charge >= 0.3 is 0 Å². The number of anilines is 1. The molecule has 0 radical (unpaired) electrons. The van der Waals surface area contributed by atoms with Crippen molar-refractivity contribution in [1.29, 1.82) is 0 Å². The molecule has 1 aromatic carbocycles. The van der Waals surface area contributed by atoms with E-state index in [0.29, 0.717) is 5.82 Å². The van der Waals surface area contributed by atoms with Crippen LogP contribution in [0.2, 0.25) is 10.0 Å². The third-order valence-corrected chi connectivity index (χ3v) is 3.51. The number of H-pyrrole nitrogens is 1. The molecule has 0 aliphatic heterocycles. The molecule has 9 heteroatoms. The lowest BCUT2D eigenvalue weighted by Crippen LogP contribution is -2.12. The van der Waals surface area contributed by atoms with E-state index in [0.717, 1.165) is 18.2 Å². The molecule has 0 bridgehead atoms. The van der Waals surface area contributed by atoms with Gasteiger partial charge in [0.2, 0.25) is 0 Å². The van der Waals surface area contributed by atoms with Crippen molar-refractivity contribution in [2.45, 2.75) is 13.3 Å². The number of aromatic amines is 1. The highest BCUT2D eigenvalue weighted by atomic mass is 35.5. The van der Waals surface area contributed by atoms with E-state index in [9.17, 15) is 14.9 Å². The maximum atomic E-state index is 12.1. The van der Waals surface area contributed by atoms with E-state index in [-0.39, 0.29) is 15.6 Å². The Morgan fingerprint density at radius 2 is 2.14 bits per heavy atom. The lowest BCUT2D eigenvalue weighted by Gasteiger charge is -2.04. The molecule has 0 saturated carbocycles. The highest BCUT2D eigenvalue weighted by Crippen LogP contribution is 2.33. The number of hydrogen-bond donors (Lipinski definition) is 2. The van der Waals surface area contributed by atoms with Crippen LogP contribution in [0.4, 0.5) is 11.5 Å². The zero-order chi connectivity index (χ0) is 15.6. The number of nitro groups is 1. The zero-order valence-electron chi connectivity index (χ0n) is 10.8. The Bertz CT molecular complexity index is 715. The highest BCUT2D eigenvalue weighted by Gasteiger charge is 2.20. The number of carbonyl (C=O) groups excluding carboxylic acids is 1. The van der Waals surface area contributed by atoms with E-state index in [1.54, 1.807) is 6.07 Å². The summed E-state index contributed by atoms with van der Waals surface area (Å²) >= 11 is 11.5. The van der Waals surface area contributed by atoms with Crippen molar-refractivity contribution in [2.75, 3.05) is 5.32 Å². The number of amides is 1. The Balaban J connectivity index is 2.28. The summed E-state index contributed by atoms with van der Waals surface area (Å²) in [4.78, 5) is 22.2. The quantitative estimate of drug-likeness (QED) is 0.663. The number of nitrogens with one attached hydrogen (secondary N) is 2. The van der Waals surface area contributed by atoms with Crippen LogP contribution in [0.5, 0.6) is 0 Å². The van der Waals surface area contributed by atoms with Gasteiger partial charge in [-0.3, -0.25) is 20.0 Å². The summed E-state index contributed by atoms with van der Waals surface area (Å²) in [5, 5.41) is 19.8. The molecule has 2 rings (SSSR count). The molecule has 0 fully saturated rings. The second kappa shape index (κ2) is 6.11. The van der Waals surface area contributed by atoms with Crippen LogP contribution in [0.25, 0.3) is 0 Å². The van der Waals surface area contributed by atoms with Gasteiger partial charge in [0.05, 0.1) is 9.95 Å². The molecule has 2 aromatic rings. The third kappa shape index (κ3) is 3.32. The Labute approximate surface area is 129 Å². The molecule has 7 nitrogen and oxygen atoms in total. The van der Waals surface area contributed by atoms with Crippen molar-refractivity contribution < 1.29 is 9.72 Å². The summed E-state index contributed by atoms with van der Waals surface area (Å²) in [6.07, 6.45) is 0.737.